The van der Waals surface area contributed by atoms with E-state index in [2.05, 4.69) is 0 Å². The SMILES string of the molecule is CCN(CC(F)F)c1ccc(Cl)cc1. The number of halogens is 3. The Morgan fingerprint density at radius 3 is 2.29 bits per heavy atom. The van der Waals surface area contributed by atoms with Gasteiger partial charge in [-0.05, 0) is 31.2 Å². The van der Waals surface area contributed by atoms with Crippen LogP contribution in [0.25, 0.3) is 0 Å². The van der Waals surface area contributed by atoms with Crippen LogP contribution in [0, 0.1) is 0 Å². The second kappa shape index (κ2) is 5.15. The molecule has 0 N–H and O–H groups in total. The Bertz CT molecular complexity index is 274. The Labute approximate surface area is 87.3 Å². The largest absolute Gasteiger partial charge is 0.366 e. The Balaban J connectivity index is 2.73. The average Bonchev–Trinajstić information content (AvgIpc) is 2.15. The predicted molar refractivity (Wildman–Crippen MR) is 55.3 cm³/mol. The van der Waals surface area contributed by atoms with Crippen molar-refractivity contribution in [1.29, 1.82) is 0 Å². The van der Waals surface area contributed by atoms with Crippen molar-refractivity contribution in [2.24, 2.45) is 0 Å². The van der Waals surface area contributed by atoms with E-state index in [0.717, 1.165) is 5.69 Å². The van der Waals surface area contributed by atoms with Gasteiger partial charge in [0.25, 0.3) is 6.43 Å². The third-order valence-corrected chi connectivity index (χ3v) is 2.18. The Morgan fingerprint density at radius 2 is 1.86 bits per heavy atom. The van der Waals surface area contributed by atoms with Crippen LogP contribution in [0.5, 0.6) is 0 Å². The van der Waals surface area contributed by atoms with Crippen LogP contribution in [0.4, 0.5) is 14.5 Å². The zero-order chi connectivity index (χ0) is 10.6. The van der Waals surface area contributed by atoms with Gasteiger partial charge in [-0.25, -0.2) is 8.78 Å². The molecule has 4 heteroatoms. The first kappa shape index (κ1) is 11.2. The van der Waals surface area contributed by atoms with Crippen molar-refractivity contribution in [1.82, 2.24) is 0 Å². The van der Waals surface area contributed by atoms with E-state index in [0.29, 0.717) is 11.6 Å². The molecule has 1 nitrogen and oxygen atoms in total. The highest BCUT2D eigenvalue weighted by Crippen LogP contribution is 2.18. The minimum absolute atomic E-state index is 0.238. The van der Waals surface area contributed by atoms with E-state index in [4.69, 9.17) is 11.6 Å². The van der Waals surface area contributed by atoms with E-state index >= 15 is 0 Å². The molecule has 0 bridgehead atoms. The molecule has 0 saturated carbocycles. The molecule has 0 aromatic heterocycles. The monoisotopic (exact) mass is 219 g/mol. The zero-order valence-corrected chi connectivity index (χ0v) is 8.64. The lowest BCUT2D eigenvalue weighted by molar-refractivity contribution is 0.155. The first-order valence-corrected chi connectivity index (χ1v) is 4.80. The summed E-state index contributed by atoms with van der Waals surface area (Å²) in [5.74, 6) is 0. The molecule has 0 unspecified atom stereocenters. The maximum absolute atomic E-state index is 12.2. The number of anilines is 1. The summed E-state index contributed by atoms with van der Waals surface area (Å²) in [7, 11) is 0. The summed E-state index contributed by atoms with van der Waals surface area (Å²) in [6.45, 7) is 2.17. The molecule has 1 aromatic rings. The highest BCUT2D eigenvalue weighted by Gasteiger charge is 2.10. The van der Waals surface area contributed by atoms with Gasteiger partial charge < -0.3 is 4.90 Å². The van der Waals surface area contributed by atoms with Crippen LogP contribution in [0.3, 0.4) is 0 Å². The fourth-order valence-corrected chi connectivity index (χ4v) is 1.36. The molecule has 0 spiro atoms. The first-order chi connectivity index (χ1) is 6.63. The van der Waals surface area contributed by atoms with Crippen molar-refractivity contribution in [3.8, 4) is 0 Å². The van der Waals surface area contributed by atoms with Crippen molar-refractivity contribution in [3.05, 3.63) is 29.3 Å². The molecule has 0 aliphatic heterocycles. The van der Waals surface area contributed by atoms with Gasteiger partial charge in [0.1, 0.15) is 0 Å². The number of nitrogens with zero attached hydrogens (tertiary/aromatic N) is 1. The van der Waals surface area contributed by atoms with Gasteiger partial charge in [0.05, 0.1) is 6.54 Å². The van der Waals surface area contributed by atoms with Crippen molar-refractivity contribution in [2.75, 3.05) is 18.0 Å². The van der Waals surface area contributed by atoms with E-state index in [9.17, 15) is 8.78 Å². The lowest BCUT2D eigenvalue weighted by Crippen LogP contribution is -2.28. The van der Waals surface area contributed by atoms with Gasteiger partial charge >= 0.3 is 0 Å². The van der Waals surface area contributed by atoms with E-state index in [1.165, 1.54) is 0 Å². The van der Waals surface area contributed by atoms with Gasteiger partial charge in [-0.1, -0.05) is 11.6 Å². The molecular weight excluding hydrogens is 208 g/mol. The van der Waals surface area contributed by atoms with E-state index < -0.39 is 6.43 Å². The summed E-state index contributed by atoms with van der Waals surface area (Å²) in [5, 5.41) is 0.613. The summed E-state index contributed by atoms with van der Waals surface area (Å²) < 4.78 is 24.3. The molecule has 1 aromatic carbocycles. The fraction of sp³-hybridized carbons (Fsp3) is 0.400. The lowest BCUT2D eigenvalue weighted by Gasteiger charge is -2.22. The van der Waals surface area contributed by atoms with Crippen molar-refractivity contribution >= 4 is 17.3 Å². The molecule has 0 atom stereocenters. The summed E-state index contributed by atoms with van der Waals surface area (Å²) in [6, 6.07) is 6.89. The van der Waals surface area contributed by atoms with E-state index in [1.54, 1.807) is 29.2 Å². The van der Waals surface area contributed by atoms with Gasteiger partial charge in [-0.2, -0.15) is 0 Å². The molecule has 0 heterocycles. The molecule has 0 saturated heterocycles. The van der Waals surface area contributed by atoms with Crippen LogP contribution in [0.2, 0.25) is 5.02 Å². The predicted octanol–water partition coefficient (Wildman–Crippen LogP) is 3.43. The lowest BCUT2D eigenvalue weighted by atomic mass is 10.3. The van der Waals surface area contributed by atoms with Crippen LogP contribution in [-0.4, -0.2) is 19.5 Å². The average molecular weight is 220 g/mol. The first-order valence-electron chi connectivity index (χ1n) is 4.42. The van der Waals surface area contributed by atoms with Crippen molar-refractivity contribution in [2.45, 2.75) is 13.3 Å². The molecule has 0 aliphatic rings. The van der Waals surface area contributed by atoms with Gasteiger partial charge in [-0.15, -0.1) is 0 Å². The third-order valence-electron chi connectivity index (χ3n) is 1.93. The zero-order valence-electron chi connectivity index (χ0n) is 7.88. The molecule has 1 rings (SSSR count). The fourth-order valence-electron chi connectivity index (χ4n) is 1.24. The molecule has 0 aliphatic carbocycles. The maximum atomic E-state index is 12.2. The molecule has 0 amide bonds. The van der Waals surface area contributed by atoms with Crippen LogP contribution >= 0.6 is 11.6 Å². The van der Waals surface area contributed by atoms with E-state index in [-0.39, 0.29) is 6.54 Å². The second-order valence-electron chi connectivity index (χ2n) is 2.91. The molecule has 0 radical (unpaired) electrons. The number of alkyl halides is 2. The third kappa shape index (κ3) is 3.14. The Morgan fingerprint density at radius 1 is 1.29 bits per heavy atom. The minimum atomic E-state index is -2.31. The van der Waals surface area contributed by atoms with Crippen LogP contribution < -0.4 is 4.90 Å². The van der Waals surface area contributed by atoms with Crippen molar-refractivity contribution in [3.63, 3.8) is 0 Å². The number of hydrogen-bond donors (Lipinski definition) is 0. The highest BCUT2D eigenvalue weighted by molar-refractivity contribution is 6.30. The second-order valence-corrected chi connectivity index (χ2v) is 3.34. The number of hydrogen-bond acceptors (Lipinski definition) is 1. The smallest absolute Gasteiger partial charge is 0.255 e. The summed E-state index contributed by atoms with van der Waals surface area (Å²) in [6.07, 6.45) is -2.31. The molecule has 78 valence electrons. The van der Waals surface area contributed by atoms with Crippen LogP contribution in [-0.2, 0) is 0 Å². The van der Waals surface area contributed by atoms with Crippen LogP contribution in [0.15, 0.2) is 24.3 Å². The minimum Gasteiger partial charge on any atom is -0.366 e. The van der Waals surface area contributed by atoms with Crippen LogP contribution in [0.1, 0.15) is 6.92 Å². The summed E-state index contributed by atoms with van der Waals surface area (Å²) >= 11 is 5.70. The van der Waals surface area contributed by atoms with E-state index in [1.807, 2.05) is 6.92 Å². The Kier molecular flexibility index (Phi) is 4.14. The van der Waals surface area contributed by atoms with Gasteiger partial charge in [-0.3, -0.25) is 0 Å². The van der Waals surface area contributed by atoms with Crippen molar-refractivity contribution < 1.29 is 8.78 Å². The van der Waals surface area contributed by atoms with Gasteiger partial charge in [0.2, 0.25) is 0 Å². The Hall–Kier alpha value is -0.830. The van der Waals surface area contributed by atoms with Gasteiger partial charge in [0, 0.05) is 17.3 Å². The number of benzene rings is 1. The maximum Gasteiger partial charge on any atom is 0.255 e. The molecule has 0 fully saturated rings. The normalized spacial score (nSPS) is 10.6. The quantitative estimate of drug-likeness (QED) is 0.750. The van der Waals surface area contributed by atoms with Gasteiger partial charge in [0.15, 0.2) is 0 Å². The standard InChI is InChI=1S/C10H12ClF2N/c1-2-14(7-10(12)13)9-5-3-8(11)4-6-9/h3-6,10H,2,7H2,1H3. The molecular formula is C10H12ClF2N. The summed E-state index contributed by atoms with van der Waals surface area (Å²) in [4.78, 5) is 1.61. The topological polar surface area (TPSA) is 3.24 Å². The highest BCUT2D eigenvalue weighted by atomic mass is 35.5. The number of rotatable bonds is 4. The summed E-state index contributed by atoms with van der Waals surface area (Å²) in [5.41, 5.74) is 0.775. The molecule has 14 heavy (non-hydrogen) atoms.